The summed E-state index contributed by atoms with van der Waals surface area (Å²) in [5, 5.41) is 6.09. The molecule has 1 amide bonds. The molecule has 0 spiro atoms. The molecule has 1 heterocycles. The SMILES string of the molecule is C#CCNC(=O)C(C)NC1CCN(C)CC1C. The molecule has 2 N–H and O–H groups in total. The molecule has 0 aliphatic carbocycles. The zero-order valence-corrected chi connectivity index (χ0v) is 11.0. The molecule has 0 radical (unpaired) electrons. The number of likely N-dealkylation sites (tertiary alicyclic amines) is 1. The topological polar surface area (TPSA) is 44.4 Å². The molecule has 0 aromatic rings. The minimum absolute atomic E-state index is 0.0194. The third-order valence-corrected chi connectivity index (χ3v) is 3.33. The van der Waals surface area contributed by atoms with E-state index >= 15 is 0 Å². The second-order valence-corrected chi connectivity index (χ2v) is 4.94. The van der Waals surface area contributed by atoms with Crippen LogP contribution in [0.1, 0.15) is 20.3 Å². The molecule has 96 valence electrons. The van der Waals surface area contributed by atoms with E-state index in [0.717, 1.165) is 19.5 Å². The van der Waals surface area contributed by atoms with E-state index in [-0.39, 0.29) is 11.9 Å². The zero-order valence-electron chi connectivity index (χ0n) is 11.0. The third-order valence-electron chi connectivity index (χ3n) is 3.33. The van der Waals surface area contributed by atoms with Crippen molar-refractivity contribution in [3.8, 4) is 12.3 Å². The highest BCUT2D eigenvalue weighted by Gasteiger charge is 2.26. The van der Waals surface area contributed by atoms with Gasteiger partial charge in [-0.15, -0.1) is 6.42 Å². The van der Waals surface area contributed by atoms with Crippen LogP contribution in [0.3, 0.4) is 0 Å². The average Bonchev–Trinajstić information content (AvgIpc) is 2.29. The standard InChI is InChI=1S/C13H23N3O/c1-5-7-14-13(17)11(3)15-12-6-8-16(4)9-10(12)2/h1,10-12,15H,6-9H2,2-4H3,(H,14,17). The minimum Gasteiger partial charge on any atom is -0.344 e. The van der Waals surface area contributed by atoms with Gasteiger partial charge in [0.1, 0.15) is 0 Å². The van der Waals surface area contributed by atoms with Crippen LogP contribution in [0.4, 0.5) is 0 Å². The smallest absolute Gasteiger partial charge is 0.237 e. The fourth-order valence-electron chi connectivity index (χ4n) is 2.29. The summed E-state index contributed by atoms with van der Waals surface area (Å²) in [4.78, 5) is 14.0. The van der Waals surface area contributed by atoms with Crippen LogP contribution in [-0.2, 0) is 4.79 Å². The Morgan fingerprint density at radius 2 is 2.35 bits per heavy atom. The van der Waals surface area contributed by atoms with Gasteiger partial charge in [-0.2, -0.15) is 0 Å². The van der Waals surface area contributed by atoms with E-state index < -0.39 is 0 Å². The van der Waals surface area contributed by atoms with Crippen LogP contribution in [0.5, 0.6) is 0 Å². The third kappa shape index (κ3) is 4.37. The monoisotopic (exact) mass is 237 g/mol. The summed E-state index contributed by atoms with van der Waals surface area (Å²) in [5.74, 6) is 2.95. The van der Waals surface area contributed by atoms with Crippen molar-refractivity contribution in [2.24, 2.45) is 5.92 Å². The minimum atomic E-state index is -0.181. The lowest BCUT2D eigenvalue weighted by Gasteiger charge is -2.36. The molecule has 4 nitrogen and oxygen atoms in total. The Labute approximate surface area is 104 Å². The molecular formula is C13H23N3O. The molecule has 3 atom stereocenters. The number of nitrogens with zero attached hydrogens (tertiary/aromatic N) is 1. The van der Waals surface area contributed by atoms with Gasteiger partial charge in [-0.05, 0) is 32.9 Å². The van der Waals surface area contributed by atoms with Gasteiger partial charge in [0.2, 0.25) is 5.91 Å². The number of amides is 1. The number of hydrogen-bond donors (Lipinski definition) is 2. The van der Waals surface area contributed by atoms with Crippen molar-refractivity contribution in [3.63, 3.8) is 0 Å². The number of rotatable bonds is 4. The number of carbonyl (C=O) groups excluding carboxylic acids is 1. The average molecular weight is 237 g/mol. The van der Waals surface area contributed by atoms with Crippen LogP contribution in [0.15, 0.2) is 0 Å². The van der Waals surface area contributed by atoms with Crippen LogP contribution in [-0.4, -0.2) is 49.6 Å². The molecule has 1 aliphatic heterocycles. The summed E-state index contributed by atoms with van der Waals surface area (Å²) in [6, 6.07) is 0.233. The molecule has 0 aromatic heterocycles. The Bertz CT molecular complexity index is 298. The maximum absolute atomic E-state index is 11.7. The summed E-state index contributed by atoms with van der Waals surface area (Å²) >= 11 is 0. The molecular weight excluding hydrogens is 214 g/mol. The van der Waals surface area contributed by atoms with Crippen LogP contribution in [0, 0.1) is 18.3 Å². The van der Waals surface area contributed by atoms with Crippen molar-refractivity contribution in [1.29, 1.82) is 0 Å². The Morgan fingerprint density at radius 3 is 2.94 bits per heavy atom. The van der Waals surface area contributed by atoms with E-state index in [0.29, 0.717) is 18.5 Å². The van der Waals surface area contributed by atoms with Crippen molar-refractivity contribution in [1.82, 2.24) is 15.5 Å². The molecule has 0 saturated carbocycles. The Hall–Kier alpha value is -1.05. The molecule has 17 heavy (non-hydrogen) atoms. The first-order valence-electron chi connectivity index (χ1n) is 6.20. The fourth-order valence-corrected chi connectivity index (χ4v) is 2.29. The Morgan fingerprint density at radius 1 is 1.65 bits per heavy atom. The van der Waals surface area contributed by atoms with Gasteiger partial charge in [0, 0.05) is 12.6 Å². The van der Waals surface area contributed by atoms with Gasteiger partial charge < -0.3 is 15.5 Å². The van der Waals surface area contributed by atoms with Crippen molar-refractivity contribution in [2.75, 3.05) is 26.7 Å². The predicted octanol–water partition coefficient (Wildman–Crippen LogP) is 0.0541. The van der Waals surface area contributed by atoms with Gasteiger partial charge in [0.25, 0.3) is 0 Å². The molecule has 4 heteroatoms. The first-order chi connectivity index (χ1) is 8.04. The summed E-state index contributed by atoms with van der Waals surface area (Å²) in [7, 11) is 2.13. The first kappa shape index (κ1) is 14.0. The molecule has 0 aromatic carbocycles. The summed E-state index contributed by atoms with van der Waals surface area (Å²) in [6.07, 6.45) is 6.20. The Kier molecular flexibility index (Phi) is 5.46. The molecule has 1 aliphatic rings. The van der Waals surface area contributed by atoms with E-state index in [9.17, 15) is 4.79 Å². The van der Waals surface area contributed by atoms with E-state index in [4.69, 9.17) is 6.42 Å². The van der Waals surface area contributed by atoms with Crippen LogP contribution >= 0.6 is 0 Å². The van der Waals surface area contributed by atoms with E-state index in [1.54, 1.807) is 0 Å². The van der Waals surface area contributed by atoms with Crippen molar-refractivity contribution in [2.45, 2.75) is 32.4 Å². The number of hydrogen-bond acceptors (Lipinski definition) is 3. The van der Waals surface area contributed by atoms with Gasteiger partial charge >= 0.3 is 0 Å². The van der Waals surface area contributed by atoms with Crippen molar-refractivity contribution < 1.29 is 4.79 Å². The number of carbonyl (C=O) groups is 1. The second kappa shape index (κ2) is 6.63. The highest BCUT2D eigenvalue weighted by Crippen LogP contribution is 2.15. The summed E-state index contributed by atoms with van der Waals surface area (Å²) < 4.78 is 0. The summed E-state index contributed by atoms with van der Waals surface area (Å²) in [6.45, 7) is 6.57. The predicted molar refractivity (Wildman–Crippen MR) is 69.5 cm³/mol. The lowest BCUT2D eigenvalue weighted by molar-refractivity contribution is -0.122. The molecule has 1 fully saturated rings. The molecule has 1 saturated heterocycles. The van der Waals surface area contributed by atoms with Crippen LogP contribution < -0.4 is 10.6 Å². The lowest BCUT2D eigenvalue weighted by atomic mass is 9.93. The molecule has 0 bridgehead atoms. The second-order valence-electron chi connectivity index (χ2n) is 4.94. The van der Waals surface area contributed by atoms with E-state index in [2.05, 4.69) is 35.4 Å². The van der Waals surface area contributed by atoms with Gasteiger partial charge in [-0.1, -0.05) is 12.8 Å². The molecule has 1 rings (SSSR count). The number of piperidine rings is 1. The van der Waals surface area contributed by atoms with Crippen LogP contribution in [0.25, 0.3) is 0 Å². The van der Waals surface area contributed by atoms with Gasteiger partial charge in [0.05, 0.1) is 12.6 Å². The van der Waals surface area contributed by atoms with Gasteiger partial charge in [-0.3, -0.25) is 4.79 Å². The zero-order chi connectivity index (χ0) is 12.8. The fraction of sp³-hybridized carbons (Fsp3) is 0.769. The van der Waals surface area contributed by atoms with Crippen molar-refractivity contribution >= 4 is 5.91 Å². The van der Waals surface area contributed by atoms with Gasteiger partial charge in [-0.25, -0.2) is 0 Å². The van der Waals surface area contributed by atoms with Crippen molar-refractivity contribution in [3.05, 3.63) is 0 Å². The lowest BCUT2D eigenvalue weighted by Crippen LogP contribution is -2.53. The quantitative estimate of drug-likeness (QED) is 0.679. The van der Waals surface area contributed by atoms with Gasteiger partial charge in [0.15, 0.2) is 0 Å². The number of nitrogens with one attached hydrogen (secondary N) is 2. The highest BCUT2D eigenvalue weighted by atomic mass is 16.2. The highest BCUT2D eigenvalue weighted by molar-refractivity contribution is 5.81. The maximum Gasteiger partial charge on any atom is 0.237 e. The van der Waals surface area contributed by atoms with E-state index in [1.165, 1.54) is 0 Å². The Balaban J connectivity index is 2.37. The number of terminal acetylenes is 1. The maximum atomic E-state index is 11.7. The largest absolute Gasteiger partial charge is 0.344 e. The molecule has 3 unspecified atom stereocenters. The van der Waals surface area contributed by atoms with E-state index in [1.807, 2.05) is 6.92 Å². The first-order valence-corrected chi connectivity index (χ1v) is 6.20. The van der Waals surface area contributed by atoms with Crippen LogP contribution in [0.2, 0.25) is 0 Å². The summed E-state index contributed by atoms with van der Waals surface area (Å²) in [5.41, 5.74) is 0. The normalized spacial score (nSPS) is 27.2.